The Morgan fingerprint density at radius 2 is 1.80 bits per heavy atom. The number of alkyl halides is 1. The number of hydrogen-bond acceptors (Lipinski definition) is 1. The van der Waals surface area contributed by atoms with E-state index >= 15 is 0 Å². The zero-order chi connectivity index (χ0) is 14.8. The summed E-state index contributed by atoms with van der Waals surface area (Å²) in [4.78, 5) is 0. The van der Waals surface area contributed by atoms with Gasteiger partial charge in [-0.25, -0.2) is 8.78 Å². The molecule has 0 saturated carbocycles. The normalized spacial score (nSPS) is 14.1. The van der Waals surface area contributed by atoms with Crippen LogP contribution in [0.25, 0.3) is 0 Å². The molecule has 2 rings (SSSR count). The molecule has 0 amide bonds. The molecule has 0 spiro atoms. The molecule has 0 aliphatic heterocycles. The van der Waals surface area contributed by atoms with Crippen LogP contribution in [0, 0.1) is 11.6 Å². The maximum Gasteiger partial charge on any atom is 0.129 e. The molecule has 1 atom stereocenters. The van der Waals surface area contributed by atoms with Gasteiger partial charge in [0.1, 0.15) is 17.2 Å². The van der Waals surface area contributed by atoms with Crippen molar-refractivity contribution >= 4 is 23.2 Å². The van der Waals surface area contributed by atoms with E-state index in [0.29, 0.717) is 10.6 Å². The molecule has 20 heavy (non-hydrogen) atoms. The lowest BCUT2D eigenvalue weighted by Gasteiger charge is -2.27. The molecule has 5 heteroatoms. The van der Waals surface area contributed by atoms with E-state index in [9.17, 15) is 13.9 Å². The zero-order valence-electron chi connectivity index (χ0n) is 10.4. The Balaban J connectivity index is 2.43. The summed E-state index contributed by atoms with van der Waals surface area (Å²) in [6.45, 7) is 0. The monoisotopic (exact) mass is 316 g/mol. The van der Waals surface area contributed by atoms with Gasteiger partial charge in [0.15, 0.2) is 0 Å². The van der Waals surface area contributed by atoms with Crippen LogP contribution in [0.4, 0.5) is 8.78 Å². The fourth-order valence-corrected chi connectivity index (χ4v) is 2.47. The Morgan fingerprint density at radius 3 is 2.45 bits per heavy atom. The van der Waals surface area contributed by atoms with E-state index in [1.165, 1.54) is 0 Å². The largest absolute Gasteiger partial charge is 0.383 e. The lowest BCUT2D eigenvalue weighted by atomic mass is 9.88. The van der Waals surface area contributed by atoms with Crippen molar-refractivity contribution in [2.45, 2.75) is 12.0 Å². The van der Waals surface area contributed by atoms with Crippen LogP contribution < -0.4 is 0 Å². The molecule has 0 heterocycles. The fourth-order valence-electron chi connectivity index (χ4n) is 2.03. The Labute approximate surface area is 125 Å². The summed E-state index contributed by atoms with van der Waals surface area (Å²) < 4.78 is 27.1. The maximum absolute atomic E-state index is 13.8. The fraction of sp³-hybridized carbons (Fsp3) is 0.200. The Kier molecular flexibility index (Phi) is 4.63. The summed E-state index contributed by atoms with van der Waals surface area (Å²) in [5, 5.41) is 11.0. The van der Waals surface area contributed by atoms with Crippen molar-refractivity contribution in [3.05, 3.63) is 70.2 Å². The molecule has 0 aromatic heterocycles. The molecule has 106 valence electrons. The molecule has 0 bridgehead atoms. The average molecular weight is 317 g/mol. The van der Waals surface area contributed by atoms with Gasteiger partial charge in [0, 0.05) is 17.0 Å². The van der Waals surface area contributed by atoms with E-state index in [1.54, 1.807) is 24.3 Å². The average Bonchev–Trinajstić information content (AvgIpc) is 2.44. The van der Waals surface area contributed by atoms with E-state index < -0.39 is 17.2 Å². The molecule has 2 aromatic rings. The van der Waals surface area contributed by atoms with Crippen molar-refractivity contribution in [2.75, 3.05) is 5.88 Å². The minimum Gasteiger partial charge on any atom is -0.383 e. The third kappa shape index (κ3) is 3.11. The second-order valence-electron chi connectivity index (χ2n) is 4.56. The topological polar surface area (TPSA) is 20.2 Å². The third-order valence-electron chi connectivity index (χ3n) is 3.09. The molecular weight excluding hydrogens is 305 g/mol. The highest BCUT2D eigenvalue weighted by atomic mass is 35.5. The van der Waals surface area contributed by atoms with Gasteiger partial charge >= 0.3 is 0 Å². The van der Waals surface area contributed by atoms with E-state index in [4.69, 9.17) is 23.2 Å². The molecule has 1 nitrogen and oxygen atoms in total. The number of hydrogen-bond donors (Lipinski definition) is 1. The summed E-state index contributed by atoms with van der Waals surface area (Å²) in [5.41, 5.74) is -1.29. The summed E-state index contributed by atoms with van der Waals surface area (Å²) in [7, 11) is 0. The van der Waals surface area contributed by atoms with Crippen LogP contribution in [-0.2, 0) is 12.0 Å². The highest BCUT2D eigenvalue weighted by molar-refractivity contribution is 6.31. The van der Waals surface area contributed by atoms with Crippen LogP contribution in [0.15, 0.2) is 42.5 Å². The zero-order valence-corrected chi connectivity index (χ0v) is 11.9. The SMILES string of the molecule is OC(CCl)(Cc1ccccc1Cl)c1cc(F)ccc1F. The first kappa shape index (κ1) is 15.2. The quantitative estimate of drug-likeness (QED) is 0.834. The molecule has 1 unspecified atom stereocenters. The second kappa shape index (κ2) is 6.08. The van der Waals surface area contributed by atoms with Crippen molar-refractivity contribution in [2.24, 2.45) is 0 Å². The Hall–Kier alpha value is -1.16. The van der Waals surface area contributed by atoms with Crippen molar-refractivity contribution in [1.82, 2.24) is 0 Å². The lowest BCUT2D eigenvalue weighted by molar-refractivity contribution is 0.0572. The number of rotatable bonds is 4. The molecule has 0 fully saturated rings. The first-order valence-electron chi connectivity index (χ1n) is 5.93. The van der Waals surface area contributed by atoms with Gasteiger partial charge in [0.2, 0.25) is 0 Å². The predicted octanol–water partition coefficient (Wildman–Crippen LogP) is 4.29. The lowest BCUT2D eigenvalue weighted by Crippen LogP contribution is -2.32. The first-order chi connectivity index (χ1) is 9.46. The van der Waals surface area contributed by atoms with E-state index in [-0.39, 0.29) is 17.9 Å². The van der Waals surface area contributed by atoms with E-state index in [0.717, 1.165) is 18.2 Å². The van der Waals surface area contributed by atoms with Crippen molar-refractivity contribution < 1.29 is 13.9 Å². The van der Waals surface area contributed by atoms with Gasteiger partial charge in [0.25, 0.3) is 0 Å². The van der Waals surface area contributed by atoms with Gasteiger partial charge in [-0.05, 0) is 29.8 Å². The van der Waals surface area contributed by atoms with Crippen LogP contribution in [0.1, 0.15) is 11.1 Å². The smallest absolute Gasteiger partial charge is 0.129 e. The highest BCUT2D eigenvalue weighted by Gasteiger charge is 2.32. The van der Waals surface area contributed by atoms with Crippen LogP contribution in [0.3, 0.4) is 0 Å². The van der Waals surface area contributed by atoms with Crippen molar-refractivity contribution in [3.63, 3.8) is 0 Å². The summed E-state index contributed by atoms with van der Waals surface area (Å²) in [5.74, 6) is -1.62. The first-order valence-corrected chi connectivity index (χ1v) is 6.85. The van der Waals surface area contributed by atoms with Crippen LogP contribution in [0.5, 0.6) is 0 Å². The van der Waals surface area contributed by atoms with Gasteiger partial charge < -0.3 is 5.11 Å². The number of halogens is 4. The van der Waals surface area contributed by atoms with Gasteiger partial charge in [-0.2, -0.15) is 0 Å². The molecule has 0 aliphatic rings. The highest BCUT2D eigenvalue weighted by Crippen LogP contribution is 2.32. The van der Waals surface area contributed by atoms with Crippen molar-refractivity contribution in [3.8, 4) is 0 Å². The molecular formula is C15H12Cl2F2O. The minimum absolute atomic E-state index is 0.00343. The molecule has 0 saturated heterocycles. The van der Waals surface area contributed by atoms with Crippen molar-refractivity contribution in [1.29, 1.82) is 0 Å². The van der Waals surface area contributed by atoms with Gasteiger partial charge in [-0.3, -0.25) is 0 Å². The predicted molar refractivity (Wildman–Crippen MR) is 76.1 cm³/mol. The Bertz CT molecular complexity index is 619. The minimum atomic E-state index is -1.72. The third-order valence-corrected chi connectivity index (χ3v) is 3.90. The summed E-state index contributed by atoms with van der Waals surface area (Å²) in [6, 6.07) is 9.77. The molecule has 0 aliphatic carbocycles. The van der Waals surface area contributed by atoms with Gasteiger partial charge in [-0.15, -0.1) is 11.6 Å². The standard InChI is InChI=1S/C15H12Cl2F2O/c16-9-15(20,8-10-3-1-2-4-13(10)17)12-7-11(18)5-6-14(12)19/h1-7,20H,8-9H2. The molecule has 0 radical (unpaired) electrons. The maximum atomic E-state index is 13.8. The summed E-state index contributed by atoms with van der Waals surface area (Å²) in [6.07, 6.45) is -0.00343. The van der Waals surface area contributed by atoms with Crippen LogP contribution in [-0.4, -0.2) is 11.0 Å². The number of benzene rings is 2. The second-order valence-corrected chi connectivity index (χ2v) is 5.23. The number of aliphatic hydroxyl groups is 1. The van der Waals surface area contributed by atoms with E-state index in [1.807, 2.05) is 0 Å². The Morgan fingerprint density at radius 1 is 1.10 bits per heavy atom. The summed E-state index contributed by atoms with van der Waals surface area (Å²) >= 11 is 11.8. The van der Waals surface area contributed by atoms with Crippen LogP contribution in [0.2, 0.25) is 5.02 Å². The van der Waals surface area contributed by atoms with Gasteiger partial charge in [0.05, 0.1) is 5.88 Å². The molecule has 1 N–H and O–H groups in total. The van der Waals surface area contributed by atoms with Crippen LogP contribution >= 0.6 is 23.2 Å². The van der Waals surface area contributed by atoms with Gasteiger partial charge in [-0.1, -0.05) is 29.8 Å². The van der Waals surface area contributed by atoms with E-state index in [2.05, 4.69) is 0 Å². The molecule has 2 aromatic carbocycles.